The zero-order chi connectivity index (χ0) is 16.8. The zero-order valence-electron chi connectivity index (χ0n) is 12.1. The molecule has 0 aliphatic rings. The second-order valence-corrected chi connectivity index (χ2v) is 5.29. The summed E-state index contributed by atoms with van der Waals surface area (Å²) in [6, 6.07) is 11.3. The predicted molar refractivity (Wildman–Crippen MR) is 88.4 cm³/mol. The molecule has 0 saturated carbocycles. The molecular formula is C16H13Cl2NO4. The number of hydrogen-bond acceptors (Lipinski definition) is 4. The maximum absolute atomic E-state index is 11.9. The van der Waals surface area contributed by atoms with E-state index in [1.807, 2.05) is 0 Å². The van der Waals surface area contributed by atoms with Gasteiger partial charge in [-0.1, -0.05) is 35.3 Å². The quantitative estimate of drug-likeness (QED) is 0.830. The Morgan fingerprint density at radius 3 is 2.61 bits per heavy atom. The van der Waals surface area contributed by atoms with Crippen molar-refractivity contribution in [3.05, 3.63) is 58.1 Å². The van der Waals surface area contributed by atoms with Crippen molar-refractivity contribution in [1.29, 1.82) is 0 Å². The van der Waals surface area contributed by atoms with Crippen LogP contribution in [0.4, 0.5) is 5.69 Å². The van der Waals surface area contributed by atoms with Gasteiger partial charge in [-0.25, -0.2) is 4.79 Å². The topological polar surface area (TPSA) is 64.6 Å². The molecule has 0 aromatic heterocycles. The van der Waals surface area contributed by atoms with Crippen molar-refractivity contribution in [2.24, 2.45) is 0 Å². The lowest BCUT2D eigenvalue weighted by atomic mass is 10.2. The maximum atomic E-state index is 11.9. The van der Waals surface area contributed by atoms with Crippen molar-refractivity contribution >= 4 is 40.8 Å². The molecule has 5 nitrogen and oxygen atoms in total. The van der Waals surface area contributed by atoms with Crippen LogP contribution in [0.2, 0.25) is 10.0 Å². The van der Waals surface area contributed by atoms with E-state index < -0.39 is 18.5 Å². The van der Waals surface area contributed by atoms with Crippen molar-refractivity contribution in [3.8, 4) is 5.75 Å². The predicted octanol–water partition coefficient (Wildman–Crippen LogP) is 3.80. The molecule has 1 N–H and O–H groups in total. The summed E-state index contributed by atoms with van der Waals surface area (Å²) in [4.78, 5) is 23.8. The number of carbonyl (C=O) groups excluding carboxylic acids is 2. The molecule has 0 fully saturated rings. The molecule has 23 heavy (non-hydrogen) atoms. The van der Waals surface area contributed by atoms with Crippen LogP contribution in [0, 0.1) is 0 Å². The van der Waals surface area contributed by atoms with Gasteiger partial charge in [-0.15, -0.1) is 0 Å². The number of amides is 1. The summed E-state index contributed by atoms with van der Waals surface area (Å²) in [5.41, 5.74) is 0.584. The van der Waals surface area contributed by atoms with Crippen LogP contribution in [0.25, 0.3) is 0 Å². The summed E-state index contributed by atoms with van der Waals surface area (Å²) in [6.07, 6.45) is 0. The van der Waals surface area contributed by atoms with Gasteiger partial charge in [0.25, 0.3) is 5.91 Å². The Bertz CT molecular complexity index is 734. The molecule has 2 rings (SSSR count). The molecule has 0 unspecified atom stereocenters. The van der Waals surface area contributed by atoms with Gasteiger partial charge < -0.3 is 14.8 Å². The molecule has 0 saturated heterocycles. The Kier molecular flexibility index (Phi) is 5.84. The number of methoxy groups -OCH3 is 1. The average Bonchev–Trinajstić information content (AvgIpc) is 2.55. The standard InChI is InChI=1S/C16H13Cl2NO4/c1-22-14-5-3-2-4-13(14)19-15(20)9-23-16(21)11-8-10(17)6-7-12(11)18/h2-8H,9H2,1H3,(H,19,20). The summed E-state index contributed by atoms with van der Waals surface area (Å²) in [6.45, 7) is -0.459. The van der Waals surface area contributed by atoms with Gasteiger partial charge in [0, 0.05) is 5.02 Å². The molecule has 0 spiro atoms. The van der Waals surface area contributed by atoms with Gasteiger partial charge >= 0.3 is 5.97 Å². The third kappa shape index (κ3) is 4.61. The maximum Gasteiger partial charge on any atom is 0.340 e. The fourth-order valence-corrected chi connectivity index (χ4v) is 2.16. The number of esters is 1. The summed E-state index contributed by atoms with van der Waals surface area (Å²) >= 11 is 11.7. The fraction of sp³-hybridized carbons (Fsp3) is 0.125. The van der Waals surface area contributed by atoms with Crippen molar-refractivity contribution in [2.45, 2.75) is 0 Å². The molecule has 7 heteroatoms. The molecule has 0 atom stereocenters. The van der Waals surface area contributed by atoms with Crippen LogP contribution in [0.15, 0.2) is 42.5 Å². The summed E-state index contributed by atoms with van der Waals surface area (Å²) < 4.78 is 10.1. The largest absolute Gasteiger partial charge is 0.495 e. The van der Waals surface area contributed by atoms with E-state index in [-0.39, 0.29) is 10.6 Å². The van der Waals surface area contributed by atoms with E-state index in [9.17, 15) is 9.59 Å². The summed E-state index contributed by atoms with van der Waals surface area (Å²) in [7, 11) is 1.49. The highest BCUT2D eigenvalue weighted by molar-refractivity contribution is 6.35. The lowest BCUT2D eigenvalue weighted by Crippen LogP contribution is -2.21. The van der Waals surface area contributed by atoms with Gasteiger partial charge in [0.2, 0.25) is 0 Å². The molecule has 1 amide bonds. The van der Waals surface area contributed by atoms with E-state index in [1.165, 1.54) is 19.2 Å². The van der Waals surface area contributed by atoms with Crippen molar-refractivity contribution in [1.82, 2.24) is 0 Å². The Morgan fingerprint density at radius 1 is 1.13 bits per heavy atom. The highest BCUT2D eigenvalue weighted by Gasteiger charge is 2.15. The molecule has 0 aliphatic carbocycles. The van der Waals surface area contributed by atoms with Crippen molar-refractivity contribution in [2.75, 3.05) is 19.0 Å². The number of ether oxygens (including phenoxy) is 2. The first-order chi connectivity index (χ1) is 11.0. The third-order valence-corrected chi connectivity index (χ3v) is 3.43. The van der Waals surface area contributed by atoms with Crippen LogP contribution in [-0.2, 0) is 9.53 Å². The first kappa shape index (κ1) is 17.1. The molecule has 0 aliphatic heterocycles. The molecule has 120 valence electrons. The smallest absolute Gasteiger partial charge is 0.340 e. The summed E-state index contributed by atoms with van der Waals surface area (Å²) in [5, 5.41) is 3.14. The van der Waals surface area contributed by atoms with Crippen LogP contribution in [-0.4, -0.2) is 25.6 Å². The van der Waals surface area contributed by atoms with Gasteiger partial charge in [-0.05, 0) is 30.3 Å². The minimum absolute atomic E-state index is 0.101. The minimum atomic E-state index is -0.729. The molecule has 0 bridgehead atoms. The lowest BCUT2D eigenvalue weighted by Gasteiger charge is -2.10. The number of rotatable bonds is 5. The first-order valence-electron chi connectivity index (χ1n) is 6.56. The van der Waals surface area contributed by atoms with E-state index in [0.717, 1.165) is 0 Å². The van der Waals surface area contributed by atoms with E-state index >= 15 is 0 Å². The summed E-state index contributed by atoms with van der Waals surface area (Å²) in [5.74, 6) is -0.723. The van der Waals surface area contributed by atoms with Gasteiger partial charge in [-0.2, -0.15) is 0 Å². The number of para-hydroxylation sites is 2. The van der Waals surface area contributed by atoms with Crippen LogP contribution in [0.5, 0.6) is 5.75 Å². The van der Waals surface area contributed by atoms with Gasteiger partial charge in [0.15, 0.2) is 6.61 Å². The molecule has 0 radical (unpaired) electrons. The first-order valence-corrected chi connectivity index (χ1v) is 7.32. The van der Waals surface area contributed by atoms with Crippen molar-refractivity contribution in [3.63, 3.8) is 0 Å². The molecular weight excluding hydrogens is 341 g/mol. The number of hydrogen-bond donors (Lipinski definition) is 1. The third-order valence-electron chi connectivity index (χ3n) is 2.86. The number of nitrogens with one attached hydrogen (secondary N) is 1. The minimum Gasteiger partial charge on any atom is -0.495 e. The fourth-order valence-electron chi connectivity index (χ4n) is 1.80. The lowest BCUT2D eigenvalue weighted by molar-refractivity contribution is -0.119. The average molecular weight is 354 g/mol. The Hall–Kier alpha value is -2.24. The van der Waals surface area contributed by atoms with Gasteiger partial charge in [0.05, 0.1) is 23.4 Å². The molecule has 0 heterocycles. The van der Waals surface area contributed by atoms with Crippen LogP contribution >= 0.6 is 23.2 Å². The number of benzene rings is 2. The highest BCUT2D eigenvalue weighted by atomic mass is 35.5. The Balaban J connectivity index is 1.96. The second-order valence-electron chi connectivity index (χ2n) is 4.45. The van der Waals surface area contributed by atoms with E-state index in [0.29, 0.717) is 16.5 Å². The number of halogens is 2. The van der Waals surface area contributed by atoms with E-state index in [2.05, 4.69) is 5.32 Å². The zero-order valence-corrected chi connectivity index (χ0v) is 13.6. The normalized spacial score (nSPS) is 10.0. The Morgan fingerprint density at radius 2 is 1.87 bits per heavy atom. The molecule has 2 aromatic rings. The van der Waals surface area contributed by atoms with Gasteiger partial charge in [0.1, 0.15) is 5.75 Å². The van der Waals surface area contributed by atoms with Crippen molar-refractivity contribution < 1.29 is 19.1 Å². The highest BCUT2D eigenvalue weighted by Crippen LogP contribution is 2.23. The van der Waals surface area contributed by atoms with Crippen LogP contribution in [0.1, 0.15) is 10.4 Å². The van der Waals surface area contributed by atoms with Crippen LogP contribution < -0.4 is 10.1 Å². The van der Waals surface area contributed by atoms with Crippen LogP contribution in [0.3, 0.4) is 0 Å². The van der Waals surface area contributed by atoms with E-state index in [4.69, 9.17) is 32.7 Å². The number of anilines is 1. The van der Waals surface area contributed by atoms with Gasteiger partial charge in [-0.3, -0.25) is 4.79 Å². The SMILES string of the molecule is COc1ccccc1NC(=O)COC(=O)c1cc(Cl)ccc1Cl. The molecule has 2 aromatic carbocycles. The number of carbonyl (C=O) groups is 2. The monoisotopic (exact) mass is 353 g/mol. The second kappa shape index (κ2) is 7.85. The Labute approximate surface area is 143 Å². The van der Waals surface area contributed by atoms with E-state index in [1.54, 1.807) is 30.3 Å².